The van der Waals surface area contributed by atoms with Gasteiger partial charge in [0.2, 0.25) is 11.7 Å². The second-order valence-corrected chi connectivity index (χ2v) is 7.41. The molecule has 0 bridgehead atoms. The van der Waals surface area contributed by atoms with Gasteiger partial charge in [0.05, 0.1) is 7.11 Å². The lowest BCUT2D eigenvalue weighted by Gasteiger charge is -2.17. The minimum absolute atomic E-state index is 0.0361. The Morgan fingerprint density at radius 1 is 1.18 bits per heavy atom. The monoisotopic (exact) mass is 447 g/mol. The SMILES string of the molecule is COc1ccc(-c2noc(-c3ccc(=O)n(CC(=O)N4CCc5ccccc54)n3)n2)cc1F. The number of anilines is 1. The number of hydrogen-bond donors (Lipinski definition) is 0. The highest BCUT2D eigenvalue weighted by molar-refractivity contribution is 5.95. The van der Waals surface area contributed by atoms with Crippen LogP contribution in [-0.4, -0.2) is 39.5 Å². The van der Waals surface area contributed by atoms with Crippen LogP contribution in [0, 0.1) is 5.82 Å². The summed E-state index contributed by atoms with van der Waals surface area (Å²) in [6, 6.07) is 14.7. The predicted octanol–water partition coefficient (Wildman–Crippen LogP) is 2.70. The van der Waals surface area contributed by atoms with Gasteiger partial charge in [-0.1, -0.05) is 23.4 Å². The van der Waals surface area contributed by atoms with E-state index in [9.17, 15) is 14.0 Å². The zero-order chi connectivity index (χ0) is 22.9. The van der Waals surface area contributed by atoms with Crippen LogP contribution in [0.5, 0.6) is 5.75 Å². The summed E-state index contributed by atoms with van der Waals surface area (Å²) in [6.45, 7) is 0.323. The number of hydrogen-bond acceptors (Lipinski definition) is 7. The number of ether oxygens (including phenoxy) is 1. The first-order valence-corrected chi connectivity index (χ1v) is 10.2. The normalized spacial score (nSPS) is 12.6. The number of amides is 1. The van der Waals surface area contributed by atoms with Crippen LogP contribution in [0.25, 0.3) is 23.0 Å². The second-order valence-electron chi connectivity index (χ2n) is 7.41. The molecule has 0 N–H and O–H groups in total. The molecule has 0 spiro atoms. The van der Waals surface area contributed by atoms with Crippen molar-refractivity contribution in [1.82, 2.24) is 19.9 Å². The average molecular weight is 447 g/mol. The summed E-state index contributed by atoms with van der Waals surface area (Å²) < 4.78 is 25.2. The summed E-state index contributed by atoms with van der Waals surface area (Å²) in [5.74, 6) is -0.520. The Morgan fingerprint density at radius 3 is 2.85 bits per heavy atom. The molecule has 0 radical (unpaired) electrons. The molecule has 166 valence electrons. The van der Waals surface area contributed by atoms with Crippen LogP contribution in [0.3, 0.4) is 0 Å². The maximum Gasteiger partial charge on any atom is 0.278 e. The molecule has 3 heterocycles. The number of fused-ring (bicyclic) bond motifs is 1. The van der Waals surface area contributed by atoms with Crippen molar-refractivity contribution >= 4 is 11.6 Å². The molecular weight excluding hydrogens is 429 g/mol. The number of halogens is 1. The predicted molar refractivity (Wildman–Crippen MR) is 116 cm³/mol. The summed E-state index contributed by atoms with van der Waals surface area (Å²) in [4.78, 5) is 31.1. The van der Waals surface area contributed by atoms with Gasteiger partial charge in [0.1, 0.15) is 12.2 Å². The average Bonchev–Trinajstić information content (AvgIpc) is 3.48. The van der Waals surface area contributed by atoms with Gasteiger partial charge < -0.3 is 14.2 Å². The number of carbonyl (C=O) groups is 1. The number of rotatable bonds is 5. The number of para-hydroxylation sites is 1. The van der Waals surface area contributed by atoms with Crippen LogP contribution in [0.2, 0.25) is 0 Å². The number of methoxy groups -OCH3 is 1. The molecule has 2 aromatic carbocycles. The number of aromatic nitrogens is 4. The molecular formula is C23H18FN5O4. The largest absolute Gasteiger partial charge is 0.494 e. The first-order valence-electron chi connectivity index (χ1n) is 10.2. The van der Waals surface area contributed by atoms with E-state index in [1.54, 1.807) is 11.0 Å². The Balaban J connectivity index is 1.39. The Bertz CT molecular complexity index is 1410. The highest BCUT2D eigenvalue weighted by Crippen LogP contribution is 2.28. The van der Waals surface area contributed by atoms with Gasteiger partial charge in [0.15, 0.2) is 11.6 Å². The van der Waals surface area contributed by atoms with E-state index in [-0.39, 0.29) is 35.6 Å². The molecule has 0 atom stereocenters. The first-order chi connectivity index (χ1) is 16.0. The van der Waals surface area contributed by atoms with Crippen LogP contribution in [-0.2, 0) is 17.8 Å². The molecule has 0 saturated carbocycles. The lowest BCUT2D eigenvalue weighted by atomic mass is 10.2. The Kier molecular flexibility index (Phi) is 5.17. The van der Waals surface area contributed by atoms with Gasteiger partial charge in [0.25, 0.3) is 11.4 Å². The van der Waals surface area contributed by atoms with Crippen LogP contribution < -0.4 is 15.2 Å². The van der Waals surface area contributed by atoms with Crippen molar-refractivity contribution in [2.24, 2.45) is 0 Å². The number of nitrogens with zero attached hydrogens (tertiary/aromatic N) is 5. The van der Waals surface area contributed by atoms with Crippen molar-refractivity contribution in [3.05, 3.63) is 76.3 Å². The highest BCUT2D eigenvalue weighted by Gasteiger charge is 2.25. The molecule has 2 aromatic heterocycles. The standard InChI is InChI=1S/C23H18FN5O4/c1-32-19-8-6-15(12-16(19)24)22-25-23(33-27-22)17-7-9-20(30)29(26-17)13-21(31)28-11-10-14-4-2-3-5-18(14)28/h2-9,12H,10-11,13H2,1H3. The van der Waals surface area contributed by atoms with Crippen LogP contribution in [0.1, 0.15) is 5.56 Å². The van der Waals surface area contributed by atoms with Crippen LogP contribution in [0.4, 0.5) is 10.1 Å². The smallest absolute Gasteiger partial charge is 0.278 e. The van der Waals surface area contributed by atoms with Crippen molar-refractivity contribution in [2.75, 3.05) is 18.6 Å². The van der Waals surface area contributed by atoms with Gasteiger partial charge in [-0.25, -0.2) is 9.07 Å². The van der Waals surface area contributed by atoms with Crippen molar-refractivity contribution in [2.45, 2.75) is 13.0 Å². The Morgan fingerprint density at radius 2 is 2.03 bits per heavy atom. The summed E-state index contributed by atoms with van der Waals surface area (Å²) in [5.41, 5.74) is 2.11. The van der Waals surface area contributed by atoms with Crippen molar-refractivity contribution in [3.8, 4) is 28.7 Å². The molecule has 10 heteroatoms. The maximum absolute atomic E-state index is 14.0. The van der Waals surface area contributed by atoms with Crippen molar-refractivity contribution in [1.29, 1.82) is 0 Å². The minimum atomic E-state index is -0.560. The lowest BCUT2D eigenvalue weighted by Crippen LogP contribution is -2.36. The number of carbonyl (C=O) groups excluding carboxylic acids is 1. The summed E-state index contributed by atoms with van der Waals surface area (Å²) in [5, 5.41) is 8.09. The summed E-state index contributed by atoms with van der Waals surface area (Å²) >= 11 is 0. The Hall–Kier alpha value is -4.34. The van der Waals surface area contributed by atoms with E-state index in [1.807, 2.05) is 24.3 Å². The maximum atomic E-state index is 14.0. The van der Waals surface area contributed by atoms with E-state index in [2.05, 4.69) is 15.2 Å². The van der Waals surface area contributed by atoms with Gasteiger partial charge in [-0.15, -0.1) is 0 Å². The fraction of sp³-hybridized carbons (Fsp3) is 0.174. The van der Waals surface area contributed by atoms with E-state index in [0.717, 1.165) is 22.4 Å². The van der Waals surface area contributed by atoms with Gasteiger partial charge in [-0.05, 0) is 42.3 Å². The van der Waals surface area contributed by atoms with E-state index in [1.165, 1.54) is 31.4 Å². The fourth-order valence-corrected chi connectivity index (χ4v) is 3.74. The van der Waals surface area contributed by atoms with Gasteiger partial charge in [-0.3, -0.25) is 9.59 Å². The molecule has 5 rings (SSSR count). The molecule has 33 heavy (non-hydrogen) atoms. The Labute approximate surface area is 187 Å². The molecule has 1 amide bonds. The minimum Gasteiger partial charge on any atom is -0.494 e. The molecule has 9 nitrogen and oxygen atoms in total. The topological polar surface area (TPSA) is 103 Å². The van der Waals surface area contributed by atoms with Crippen molar-refractivity contribution in [3.63, 3.8) is 0 Å². The zero-order valence-corrected chi connectivity index (χ0v) is 17.6. The molecule has 0 saturated heterocycles. The second kappa shape index (κ2) is 8.30. The van der Waals surface area contributed by atoms with E-state index in [4.69, 9.17) is 9.26 Å². The first kappa shape index (κ1) is 20.6. The molecule has 4 aromatic rings. The summed E-state index contributed by atoms with van der Waals surface area (Å²) in [7, 11) is 1.37. The van der Waals surface area contributed by atoms with Crippen LogP contribution in [0.15, 0.2) is 63.9 Å². The molecule has 1 aliphatic rings. The van der Waals surface area contributed by atoms with E-state index >= 15 is 0 Å². The van der Waals surface area contributed by atoms with Gasteiger partial charge >= 0.3 is 0 Å². The summed E-state index contributed by atoms with van der Waals surface area (Å²) in [6.07, 6.45) is 0.765. The van der Waals surface area contributed by atoms with Gasteiger partial charge in [-0.2, -0.15) is 10.1 Å². The zero-order valence-electron chi connectivity index (χ0n) is 17.6. The third-order valence-corrected chi connectivity index (χ3v) is 5.40. The number of benzene rings is 2. The van der Waals surface area contributed by atoms with E-state index in [0.29, 0.717) is 12.1 Å². The third kappa shape index (κ3) is 3.86. The quantitative estimate of drug-likeness (QED) is 0.463. The molecule has 0 aliphatic carbocycles. The van der Waals surface area contributed by atoms with Crippen molar-refractivity contribution < 1.29 is 18.4 Å². The third-order valence-electron chi connectivity index (χ3n) is 5.40. The molecule has 1 aliphatic heterocycles. The lowest BCUT2D eigenvalue weighted by molar-refractivity contribution is -0.119. The van der Waals surface area contributed by atoms with Crippen LogP contribution >= 0.6 is 0 Å². The van der Waals surface area contributed by atoms with Gasteiger partial charge in [0, 0.05) is 23.9 Å². The van der Waals surface area contributed by atoms with E-state index < -0.39 is 11.4 Å². The fourth-order valence-electron chi connectivity index (χ4n) is 3.74. The highest BCUT2D eigenvalue weighted by atomic mass is 19.1. The molecule has 0 unspecified atom stereocenters. The molecule has 0 fully saturated rings.